The fraction of sp³-hybridized carbons (Fsp3) is 1.00. The van der Waals surface area contributed by atoms with Crippen LogP contribution in [0.25, 0.3) is 0 Å². The van der Waals surface area contributed by atoms with Crippen molar-refractivity contribution in [2.24, 2.45) is 0 Å². The molecule has 1 aliphatic rings. The number of aliphatic hydroxyl groups excluding tert-OH is 3. The first-order valence-corrected chi connectivity index (χ1v) is 4.27. The van der Waals surface area contributed by atoms with Crippen molar-refractivity contribution in [3.8, 4) is 0 Å². The van der Waals surface area contributed by atoms with Crippen molar-refractivity contribution in [3.63, 3.8) is 0 Å². The average Bonchev–Trinajstić information content (AvgIpc) is 2.13. The summed E-state index contributed by atoms with van der Waals surface area (Å²) in [6.45, 7) is 1.41. The van der Waals surface area contributed by atoms with Gasteiger partial charge in [-0.3, -0.25) is 0 Å². The van der Waals surface area contributed by atoms with Crippen LogP contribution >= 0.6 is 0 Å². The van der Waals surface area contributed by atoms with E-state index in [1.54, 1.807) is 6.92 Å². The third-order valence-electron chi connectivity index (χ3n) is 2.38. The molecular formula is C8H16O5. The van der Waals surface area contributed by atoms with Gasteiger partial charge in [0.1, 0.15) is 24.4 Å². The predicted octanol–water partition coefficient (Wildman–Crippen LogP) is -1.50. The lowest BCUT2D eigenvalue weighted by Crippen LogP contribution is -2.58. The van der Waals surface area contributed by atoms with Gasteiger partial charge in [-0.05, 0) is 6.92 Å². The van der Waals surface area contributed by atoms with Crippen molar-refractivity contribution < 1.29 is 24.8 Å². The molecule has 5 nitrogen and oxygen atoms in total. The van der Waals surface area contributed by atoms with E-state index in [9.17, 15) is 10.2 Å². The highest BCUT2D eigenvalue weighted by Gasteiger charge is 2.42. The number of hydrogen-bond donors (Lipinski definition) is 3. The lowest BCUT2D eigenvalue weighted by Gasteiger charge is -2.40. The van der Waals surface area contributed by atoms with Crippen LogP contribution in [0.3, 0.4) is 0 Å². The molecule has 0 radical (unpaired) electrons. The maximum absolute atomic E-state index is 9.54. The van der Waals surface area contributed by atoms with E-state index in [2.05, 4.69) is 0 Å². The van der Waals surface area contributed by atoms with Gasteiger partial charge in [0.25, 0.3) is 0 Å². The van der Waals surface area contributed by atoms with Gasteiger partial charge in [0, 0.05) is 7.11 Å². The molecule has 13 heavy (non-hydrogen) atoms. The Morgan fingerprint density at radius 2 is 1.92 bits per heavy atom. The van der Waals surface area contributed by atoms with E-state index in [0.717, 1.165) is 0 Å². The minimum atomic E-state index is -1.01. The molecule has 1 saturated heterocycles. The number of aliphatic hydroxyl groups is 3. The Balaban J connectivity index is 2.69. The Kier molecular flexibility index (Phi) is 3.63. The summed E-state index contributed by atoms with van der Waals surface area (Å²) in [6, 6.07) is 0. The van der Waals surface area contributed by atoms with Crippen molar-refractivity contribution >= 4 is 0 Å². The van der Waals surface area contributed by atoms with Crippen LogP contribution in [0.1, 0.15) is 6.92 Å². The molecular weight excluding hydrogens is 176 g/mol. The summed E-state index contributed by atoms with van der Waals surface area (Å²) in [7, 11) is 1.41. The molecule has 5 atom stereocenters. The summed E-state index contributed by atoms with van der Waals surface area (Å²) < 4.78 is 10.2. The van der Waals surface area contributed by atoms with Gasteiger partial charge in [-0.2, -0.15) is 0 Å². The number of hydrogen-bond acceptors (Lipinski definition) is 5. The molecule has 3 N–H and O–H groups in total. The van der Waals surface area contributed by atoms with Gasteiger partial charge in [0.15, 0.2) is 0 Å². The first-order valence-electron chi connectivity index (χ1n) is 4.27. The smallest absolute Gasteiger partial charge is 0.114 e. The van der Waals surface area contributed by atoms with Crippen LogP contribution in [-0.4, -0.2) is 59.6 Å². The van der Waals surface area contributed by atoms with Gasteiger partial charge in [-0.1, -0.05) is 0 Å². The van der Waals surface area contributed by atoms with Gasteiger partial charge in [-0.15, -0.1) is 0 Å². The first kappa shape index (κ1) is 10.9. The Hall–Kier alpha value is -0.200. The SMILES string of the molecule is CO[C@@H]1C(CO)O[C@H](C)C(O)[C@H]1O. The second-order valence-corrected chi connectivity index (χ2v) is 3.24. The second-order valence-electron chi connectivity index (χ2n) is 3.24. The normalized spacial score (nSPS) is 46.4. The molecule has 0 bridgehead atoms. The monoisotopic (exact) mass is 192 g/mol. The van der Waals surface area contributed by atoms with Gasteiger partial charge >= 0.3 is 0 Å². The molecule has 0 saturated carbocycles. The lowest BCUT2D eigenvalue weighted by molar-refractivity contribution is -0.231. The summed E-state index contributed by atoms with van der Waals surface area (Å²) in [6.07, 6.45) is -3.70. The highest BCUT2D eigenvalue weighted by atomic mass is 16.6. The third-order valence-corrected chi connectivity index (χ3v) is 2.38. The second kappa shape index (κ2) is 4.34. The summed E-state index contributed by atoms with van der Waals surface area (Å²) in [4.78, 5) is 0. The van der Waals surface area contributed by atoms with E-state index in [1.165, 1.54) is 7.11 Å². The fourth-order valence-corrected chi connectivity index (χ4v) is 1.56. The molecule has 0 aromatic heterocycles. The van der Waals surface area contributed by atoms with Crippen molar-refractivity contribution in [3.05, 3.63) is 0 Å². The number of ether oxygens (including phenoxy) is 2. The molecule has 0 aromatic rings. The number of methoxy groups -OCH3 is 1. The Morgan fingerprint density at radius 3 is 2.38 bits per heavy atom. The molecule has 1 rings (SSSR count). The molecule has 1 fully saturated rings. The summed E-state index contributed by atoms with van der Waals surface area (Å²) in [5.41, 5.74) is 0. The first-order chi connectivity index (χ1) is 6.11. The van der Waals surface area contributed by atoms with Crippen LogP contribution < -0.4 is 0 Å². The summed E-state index contributed by atoms with van der Waals surface area (Å²) in [5.74, 6) is 0. The molecule has 78 valence electrons. The molecule has 0 aromatic carbocycles. The zero-order valence-corrected chi connectivity index (χ0v) is 7.75. The van der Waals surface area contributed by atoms with Crippen molar-refractivity contribution in [1.29, 1.82) is 0 Å². The molecule has 2 unspecified atom stereocenters. The molecule has 0 aliphatic carbocycles. The quantitative estimate of drug-likeness (QED) is 0.496. The van der Waals surface area contributed by atoms with Crippen molar-refractivity contribution in [2.45, 2.75) is 37.4 Å². The van der Waals surface area contributed by atoms with Crippen molar-refractivity contribution in [2.75, 3.05) is 13.7 Å². The van der Waals surface area contributed by atoms with Gasteiger partial charge in [-0.25, -0.2) is 0 Å². The third kappa shape index (κ3) is 2.00. The van der Waals surface area contributed by atoms with Crippen LogP contribution in [-0.2, 0) is 9.47 Å². The Bertz CT molecular complexity index is 161. The van der Waals surface area contributed by atoms with E-state index in [0.29, 0.717) is 0 Å². The minimum absolute atomic E-state index is 0.230. The molecule has 1 aliphatic heterocycles. The van der Waals surface area contributed by atoms with Crippen LogP contribution in [0, 0.1) is 0 Å². The predicted molar refractivity (Wildman–Crippen MR) is 44.2 cm³/mol. The highest BCUT2D eigenvalue weighted by molar-refractivity contribution is 4.91. The maximum atomic E-state index is 9.54. The Labute approximate surface area is 76.9 Å². The zero-order valence-electron chi connectivity index (χ0n) is 7.75. The molecule has 0 amide bonds. The summed E-state index contributed by atoms with van der Waals surface area (Å²) in [5, 5.41) is 27.9. The average molecular weight is 192 g/mol. The standard InChI is InChI=1S/C8H16O5/c1-4-6(10)7(11)8(12-2)5(3-9)13-4/h4-11H,3H2,1-2H3/t4-,5?,6?,7-,8-/m1/s1. The maximum Gasteiger partial charge on any atom is 0.114 e. The van der Waals surface area contributed by atoms with E-state index in [1.807, 2.05) is 0 Å². The zero-order chi connectivity index (χ0) is 10.0. The highest BCUT2D eigenvalue weighted by Crippen LogP contribution is 2.22. The molecule has 5 heteroatoms. The fourth-order valence-electron chi connectivity index (χ4n) is 1.56. The van der Waals surface area contributed by atoms with Crippen LogP contribution in [0.5, 0.6) is 0 Å². The molecule has 1 heterocycles. The van der Waals surface area contributed by atoms with Gasteiger partial charge < -0.3 is 24.8 Å². The number of rotatable bonds is 2. The van der Waals surface area contributed by atoms with E-state index < -0.39 is 30.5 Å². The van der Waals surface area contributed by atoms with E-state index in [4.69, 9.17) is 14.6 Å². The van der Waals surface area contributed by atoms with Crippen LogP contribution in [0.2, 0.25) is 0 Å². The lowest BCUT2D eigenvalue weighted by atomic mass is 9.96. The van der Waals surface area contributed by atoms with Crippen molar-refractivity contribution in [1.82, 2.24) is 0 Å². The van der Waals surface area contributed by atoms with Crippen LogP contribution in [0.15, 0.2) is 0 Å². The Morgan fingerprint density at radius 1 is 1.31 bits per heavy atom. The topological polar surface area (TPSA) is 79.2 Å². The molecule has 0 spiro atoms. The minimum Gasteiger partial charge on any atom is -0.394 e. The van der Waals surface area contributed by atoms with E-state index >= 15 is 0 Å². The largest absolute Gasteiger partial charge is 0.394 e. The van der Waals surface area contributed by atoms with Crippen LogP contribution in [0.4, 0.5) is 0 Å². The van der Waals surface area contributed by atoms with Gasteiger partial charge in [0.05, 0.1) is 12.7 Å². The summed E-state index contributed by atoms with van der Waals surface area (Å²) >= 11 is 0. The van der Waals surface area contributed by atoms with Gasteiger partial charge in [0.2, 0.25) is 0 Å². The van der Waals surface area contributed by atoms with E-state index in [-0.39, 0.29) is 6.61 Å².